The SMILES string of the molecule is Cl.Cl.O[C@H]1CCCN[C@H]1CCCn1cnc2c(Cl)c(Cl)ccc21. The third-order valence-corrected chi connectivity index (χ3v) is 4.94. The summed E-state index contributed by atoms with van der Waals surface area (Å²) < 4.78 is 2.09. The Bertz CT molecular complexity index is 634. The number of aromatic nitrogens is 2. The lowest BCUT2D eigenvalue weighted by molar-refractivity contribution is 0.0909. The Morgan fingerprint density at radius 1 is 1.30 bits per heavy atom. The van der Waals surface area contributed by atoms with Crippen LogP contribution in [-0.2, 0) is 6.54 Å². The van der Waals surface area contributed by atoms with Crippen LogP contribution in [0.15, 0.2) is 18.5 Å². The molecule has 3 rings (SSSR count). The zero-order chi connectivity index (χ0) is 14.8. The van der Waals surface area contributed by atoms with Crippen molar-refractivity contribution in [2.24, 2.45) is 0 Å². The van der Waals surface area contributed by atoms with E-state index >= 15 is 0 Å². The average molecular weight is 401 g/mol. The second-order valence-corrected chi connectivity index (χ2v) is 6.36. The summed E-state index contributed by atoms with van der Waals surface area (Å²) in [7, 11) is 0. The molecular weight excluding hydrogens is 380 g/mol. The van der Waals surface area contributed by atoms with Gasteiger partial charge in [-0.05, 0) is 44.4 Å². The quantitative estimate of drug-likeness (QED) is 0.812. The van der Waals surface area contributed by atoms with Crippen LogP contribution in [0.5, 0.6) is 0 Å². The van der Waals surface area contributed by atoms with Crippen molar-refractivity contribution in [3.05, 3.63) is 28.5 Å². The number of imidazole rings is 1. The Kier molecular flexibility index (Phi) is 8.42. The molecule has 2 heterocycles. The van der Waals surface area contributed by atoms with Crippen LogP contribution in [-0.4, -0.2) is 33.3 Å². The molecule has 130 valence electrons. The fraction of sp³-hybridized carbons (Fsp3) is 0.533. The minimum atomic E-state index is -0.216. The molecule has 2 N–H and O–H groups in total. The van der Waals surface area contributed by atoms with E-state index in [1.165, 1.54) is 0 Å². The second-order valence-electron chi connectivity index (χ2n) is 5.58. The first-order valence-corrected chi connectivity index (χ1v) is 8.12. The number of aryl methyl sites for hydroxylation is 1. The number of hydrogen-bond donors (Lipinski definition) is 2. The second kappa shape index (κ2) is 9.30. The topological polar surface area (TPSA) is 50.1 Å². The Balaban J connectivity index is 0.00000132. The number of aliphatic hydroxyl groups excluding tert-OH is 1. The average Bonchev–Trinajstić information content (AvgIpc) is 2.89. The molecule has 0 aliphatic carbocycles. The lowest BCUT2D eigenvalue weighted by atomic mass is 9.97. The van der Waals surface area contributed by atoms with Crippen LogP contribution in [0.4, 0.5) is 0 Å². The van der Waals surface area contributed by atoms with Gasteiger partial charge >= 0.3 is 0 Å². The van der Waals surface area contributed by atoms with Gasteiger partial charge in [-0.25, -0.2) is 4.98 Å². The highest BCUT2D eigenvalue weighted by atomic mass is 35.5. The van der Waals surface area contributed by atoms with E-state index < -0.39 is 0 Å². The molecule has 4 nitrogen and oxygen atoms in total. The highest BCUT2D eigenvalue weighted by molar-refractivity contribution is 6.44. The van der Waals surface area contributed by atoms with Gasteiger partial charge < -0.3 is 15.0 Å². The summed E-state index contributed by atoms with van der Waals surface area (Å²) >= 11 is 12.2. The molecule has 23 heavy (non-hydrogen) atoms. The number of aliphatic hydroxyl groups is 1. The molecule has 1 aliphatic heterocycles. The predicted molar refractivity (Wildman–Crippen MR) is 101 cm³/mol. The van der Waals surface area contributed by atoms with E-state index in [4.69, 9.17) is 23.2 Å². The molecule has 0 radical (unpaired) electrons. The van der Waals surface area contributed by atoms with E-state index in [2.05, 4.69) is 14.9 Å². The lowest BCUT2D eigenvalue weighted by Crippen LogP contribution is -2.44. The number of nitrogens with one attached hydrogen (secondary N) is 1. The predicted octanol–water partition coefficient (Wildman–Crippen LogP) is 4.08. The van der Waals surface area contributed by atoms with Crippen LogP contribution < -0.4 is 5.32 Å². The van der Waals surface area contributed by atoms with Crippen LogP contribution in [0, 0.1) is 0 Å². The van der Waals surface area contributed by atoms with Crippen molar-refractivity contribution in [1.82, 2.24) is 14.9 Å². The molecule has 1 fully saturated rings. The molecule has 2 atom stereocenters. The van der Waals surface area contributed by atoms with Gasteiger partial charge in [0.15, 0.2) is 0 Å². The summed E-state index contributed by atoms with van der Waals surface area (Å²) in [5.41, 5.74) is 1.75. The van der Waals surface area contributed by atoms with Gasteiger partial charge in [-0.1, -0.05) is 23.2 Å². The molecule has 1 saturated heterocycles. The summed E-state index contributed by atoms with van der Waals surface area (Å²) in [5.74, 6) is 0. The molecule has 1 aliphatic rings. The van der Waals surface area contributed by atoms with Crippen molar-refractivity contribution in [2.45, 2.75) is 44.4 Å². The number of fused-ring (bicyclic) bond motifs is 1. The van der Waals surface area contributed by atoms with E-state index in [1.54, 1.807) is 12.4 Å². The molecule has 0 bridgehead atoms. The Hall–Kier alpha value is -0.230. The molecule has 0 amide bonds. The Morgan fingerprint density at radius 3 is 2.83 bits per heavy atom. The van der Waals surface area contributed by atoms with Gasteiger partial charge in [0.2, 0.25) is 0 Å². The van der Waals surface area contributed by atoms with E-state index in [0.29, 0.717) is 10.0 Å². The Labute approximate surface area is 158 Å². The van der Waals surface area contributed by atoms with Crippen LogP contribution in [0.3, 0.4) is 0 Å². The van der Waals surface area contributed by atoms with Crippen molar-refractivity contribution in [3.8, 4) is 0 Å². The maximum atomic E-state index is 9.95. The molecule has 8 heteroatoms. The largest absolute Gasteiger partial charge is 0.392 e. The van der Waals surface area contributed by atoms with Crippen LogP contribution in [0.25, 0.3) is 11.0 Å². The van der Waals surface area contributed by atoms with Crippen molar-refractivity contribution < 1.29 is 5.11 Å². The zero-order valence-corrected chi connectivity index (χ0v) is 15.7. The Morgan fingerprint density at radius 2 is 2.09 bits per heavy atom. The summed E-state index contributed by atoms with van der Waals surface area (Å²) in [5, 5.41) is 14.4. The summed E-state index contributed by atoms with van der Waals surface area (Å²) in [6.07, 6.45) is 5.50. The first-order chi connectivity index (χ1) is 10.2. The first kappa shape index (κ1) is 20.8. The number of benzene rings is 1. The van der Waals surface area contributed by atoms with Crippen LogP contribution in [0.1, 0.15) is 25.7 Å². The summed E-state index contributed by atoms with van der Waals surface area (Å²) in [4.78, 5) is 4.34. The standard InChI is InChI=1S/C15H19Cl2N3O.2ClH/c16-10-5-6-12-15(14(10)17)19-9-20(12)8-2-3-11-13(21)4-1-7-18-11;;/h5-6,9,11,13,18,21H,1-4,7-8H2;2*1H/t11-,13-;;/m0../s1. The number of hydrogen-bond acceptors (Lipinski definition) is 3. The molecule has 2 aromatic rings. The first-order valence-electron chi connectivity index (χ1n) is 7.37. The molecule has 1 aromatic heterocycles. The van der Waals surface area contributed by atoms with Gasteiger partial charge in [0.25, 0.3) is 0 Å². The van der Waals surface area contributed by atoms with Gasteiger partial charge in [0, 0.05) is 12.6 Å². The minimum absolute atomic E-state index is 0. The van der Waals surface area contributed by atoms with E-state index in [0.717, 1.165) is 49.8 Å². The van der Waals surface area contributed by atoms with Gasteiger partial charge in [0.1, 0.15) is 5.52 Å². The number of halogens is 4. The van der Waals surface area contributed by atoms with E-state index in [9.17, 15) is 5.11 Å². The third-order valence-electron chi connectivity index (χ3n) is 4.15. The summed E-state index contributed by atoms with van der Waals surface area (Å²) in [6, 6.07) is 3.97. The van der Waals surface area contributed by atoms with Crippen LogP contribution in [0.2, 0.25) is 10.0 Å². The van der Waals surface area contributed by atoms with Gasteiger partial charge in [-0.15, -0.1) is 24.8 Å². The molecule has 0 saturated carbocycles. The van der Waals surface area contributed by atoms with E-state index in [1.807, 2.05) is 6.07 Å². The van der Waals surface area contributed by atoms with Crippen LogP contribution >= 0.6 is 48.0 Å². The molecule has 1 aromatic carbocycles. The van der Waals surface area contributed by atoms with Gasteiger partial charge in [-0.2, -0.15) is 0 Å². The fourth-order valence-corrected chi connectivity index (χ4v) is 3.33. The lowest BCUT2D eigenvalue weighted by Gasteiger charge is -2.29. The van der Waals surface area contributed by atoms with Crippen molar-refractivity contribution >= 4 is 59.0 Å². The third kappa shape index (κ3) is 4.65. The van der Waals surface area contributed by atoms with Crippen molar-refractivity contribution in [1.29, 1.82) is 0 Å². The molecule has 0 unspecified atom stereocenters. The van der Waals surface area contributed by atoms with E-state index in [-0.39, 0.29) is 37.0 Å². The number of rotatable bonds is 4. The maximum absolute atomic E-state index is 9.95. The number of piperidine rings is 1. The highest BCUT2D eigenvalue weighted by Crippen LogP contribution is 2.29. The van der Waals surface area contributed by atoms with Gasteiger partial charge in [-0.3, -0.25) is 0 Å². The molecular formula is C15H21Cl4N3O. The number of nitrogens with zero attached hydrogens (tertiary/aromatic N) is 2. The summed E-state index contributed by atoms with van der Waals surface area (Å²) in [6.45, 7) is 1.86. The smallest absolute Gasteiger partial charge is 0.109 e. The zero-order valence-electron chi connectivity index (χ0n) is 12.5. The fourth-order valence-electron chi connectivity index (χ4n) is 2.96. The maximum Gasteiger partial charge on any atom is 0.109 e. The van der Waals surface area contributed by atoms with Crippen molar-refractivity contribution in [3.63, 3.8) is 0 Å². The minimum Gasteiger partial charge on any atom is -0.392 e. The highest BCUT2D eigenvalue weighted by Gasteiger charge is 2.21. The molecule has 0 spiro atoms. The van der Waals surface area contributed by atoms with Gasteiger partial charge in [0.05, 0.1) is 28.0 Å². The van der Waals surface area contributed by atoms with Crippen molar-refractivity contribution in [2.75, 3.05) is 6.54 Å². The normalized spacial score (nSPS) is 20.8. The monoisotopic (exact) mass is 399 g/mol.